The predicted octanol–water partition coefficient (Wildman–Crippen LogP) is 3.06. The van der Waals surface area contributed by atoms with Crippen molar-refractivity contribution in [3.8, 4) is 0 Å². The molecule has 1 aromatic rings. The molecule has 0 radical (unpaired) electrons. The maximum Gasteiger partial charge on any atom is 0.0271 e. The first kappa shape index (κ1) is 11.3. The molecule has 0 aliphatic heterocycles. The third-order valence-corrected chi connectivity index (χ3v) is 3.09. The molecule has 1 aromatic heterocycles. The average molecular weight is 216 g/mol. The van der Waals surface area contributed by atoms with Gasteiger partial charge in [-0.15, -0.1) is 0 Å². The van der Waals surface area contributed by atoms with Crippen LogP contribution in [0.5, 0.6) is 0 Å². The van der Waals surface area contributed by atoms with Crippen LogP contribution in [0.1, 0.15) is 37.7 Å². The van der Waals surface area contributed by atoms with Crippen LogP contribution in [-0.4, -0.2) is 11.5 Å². The second-order valence-electron chi connectivity index (χ2n) is 4.39. The van der Waals surface area contributed by atoms with Gasteiger partial charge in [0.1, 0.15) is 0 Å². The monoisotopic (exact) mass is 216 g/mol. The van der Waals surface area contributed by atoms with Crippen LogP contribution in [0.25, 0.3) is 0 Å². The lowest BCUT2D eigenvalue weighted by Gasteiger charge is -2.12. The fourth-order valence-corrected chi connectivity index (χ4v) is 2.11. The highest BCUT2D eigenvalue weighted by Crippen LogP contribution is 2.19. The third-order valence-electron chi connectivity index (χ3n) is 3.09. The van der Waals surface area contributed by atoms with Gasteiger partial charge in [0.2, 0.25) is 0 Å². The van der Waals surface area contributed by atoms with Crippen molar-refractivity contribution in [3.63, 3.8) is 0 Å². The van der Waals surface area contributed by atoms with Gasteiger partial charge >= 0.3 is 0 Å². The van der Waals surface area contributed by atoms with Gasteiger partial charge in [-0.25, -0.2) is 0 Å². The molecule has 0 bridgehead atoms. The predicted molar refractivity (Wildman–Crippen MR) is 67.1 cm³/mol. The van der Waals surface area contributed by atoms with Gasteiger partial charge in [0, 0.05) is 18.9 Å². The minimum absolute atomic E-state index is 0.954. The van der Waals surface area contributed by atoms with Gasteiger partial charge in [0.15, 0.2) is 0 Å². The molecule has 2 heteroatoms. The average Bonchev–Trinajstić information content (AvgIpc) is 2.37. The number of nitrogens with one attached hydrogen (secondary N) is 1. The first-order valence-corrected chi connectivity index (χ1v) is 6.23. The van der Waals surface area contributed by atoms with Gasteiger partial charge in [0.05, 0.1) is 0 Å². The second-order valence-corrected chi connectivity index (χ2v) is 4.39. The topological polar surface area (TPSA) is 24.9 Å². The van der Waals surface area contributed by atoms with E-state index in [0.29, 0.717) is 0 Å². The first-order valence-electron chi connectivity index (χ1n) is 6.23. The third kappa shape index (κ3) is 3.78. The summed E-state index contributed by atoms with van der Waals surface area (Å²) in [5.41, 5.74) is 2.96. The number of hydrogen-bond donors (Lipinski definition) is 1. The summed E-state index contributed by atoms with van der Waals surface area (Å²) in [5, 5.41) is 3.48. The number of aromatic nitrogens is 1. The zero-order chi connectivity index (χ0) is 11.1. The standard InChI is InChI=1S/C14H20N2/c1-2-4-13(5-3-1)6-11-16-12-14-7-9-15-10-8-14/h4,7-10,16H,1-3,5-6,11-12H2. The summed E-state index contributed by atoms with van der Waals surface area (Å²) < 4.78 is 0. The number of allylic oxidation sites excluding steroid dienone is 1. The van der Waals surface area contributed by atoms with E-state index in [1.165, 1.54) is 37.7 Å². The molecule has 1 aliphatic carbocycles. The van der Waals surface area contributed by atoms with E-state index in [4.69, 9.17) is 0 Å². The maximum atomic E-state index is 4.01. The van der Waals surface area contributed by atoms with Crippen LogP contribution < -0.4 is 5.32 Å². The molecule has 0 atom stereocenters. The molecule has 86 valence electrons. The summed E-state index contributed by atoms with van der Waals surface area (Å²) in [7, 11) is 0. The van der Waals surface area contributed by atoms with Gasteiger partial charge in [-0.3, -0.25) is 4.98 Å². The lowest BCUT2D eigenvalue weighted by atomic mass is 9.97. The van der Waals surface area contributed by atoms with E-state index < -0.39 is 0 Å². The summed E-state index contributed by atoms with van der Waals surface area (Å²) in [6.45, 7) is 2.05. The minimum atomic E-state index is 0.954. The summed E-state index contributed by atoms with van der Waals surface area (Å²) >= 11 is 0. The van der Waals surface area contributed by atoms with Crippen molar-refractivity contribution in [1.82, 2.24) is 10.3 Å². The lowest BCUT2D eigenvalue weighted by molar-refractivity contribution is 0.632. The van der Waals surface area contributed by atoms with Crippen LogP contribution in [0.4, 0.5) is 0 Å². The van der Waals surface area contributed by atoms with Crippen molar-refractivity contribution in [3.05, 3.63) is 41.7 Å². The van der Waals surface area contributed by atoms with E-state index >= 15 is 0 Å². The van der Waals surface area contributed by atoms with Gasteiger partial charge in [-0.1, -0.05) is 11.6 Å². The quantitative estimate of drug-likeness (QED) is 0.604. The van der Waals surface area contributed by atoms with Crippen LogP contribution in [0.3, 0.4) is 0 Å². The molecule has 0 saturated carbocycles. The van der Waals surface area contributed by atoms with Crippen LogP contribution >= 0.6 is 0 Å². The number of hydrogen-bond acceptors (Lipinski definition) is 2. The SMILES string of the molecule is C1=C(CCNCc2ccncc2)CCCC1. The minimum Gasteiger partial charge on any atom is -0.312 e. The molecular formula is C14H20N2. The second kappa shape index (κ2) is 6.44. The Labute approximate surface area is 97.8 Å². The fraction of sp³-hybridized carbons (Fsp3) is 0.500. The Bertz CT molecular complexity index is 330. The van der Waals surface area contributed by atoms with Crippen LogP contribution in [0.15, 0.2) is 36.2 Å². The summed E-state index contributed by atoms with van der Waals surface area (Å²) in [6, 6.07) is 4.12. The number of pyridine rings is 1. The van der Waals surface area contributed by atoms with Gasteiger partial charge in [0.25, 0.3) is 0 Å². The van der Waals surface area contributed by atoms with Crippen LogP contribution in [0.2, 0.25) is 0 Å². The van der Waals surface area contributed by atoms with Crippen molar-refractivity contribution >= 4 is 0 Å². The molecule has 0 unspecified atom stereocenters. The van der Waals surface area contributed by atoms with Gasteiger partial charge < -0.3 is 5.32 Å². The Morgan fingerprint density at radius 2 is 2.06 bits per heavy atom. The van der Waals surface area contributed by atoms with E-state index in [1.807, 2.05) is 12.4 Å². The zero-order valence-electron chi connectivity index (χ0n) is 9.78. The molecule has 1 N–H and O–H groups in total. The molecule has 16 heavy (non-hydrogen) atoms. The Kier molecular flexibility index (Phi) is 4.56. The molecule has 0 amide bonds. The van der Waals surface area contributed by atoms with Gasteiger partial charge in [-0.2, -0.15) is 0 Å². The fourth-order valence-electron chi connectivity index (χ4n) is 2.11. The Morgan fingerprint density at radius 1 is 1.19 bits per heavy atom. The highest BCUT2D eigenvalue weighted by Gasteiger charge is 2.02. The number of rotatable bonds is 5. The van der Waals surface area contributed by atoms with Crippen molar-refractivity contribution in [1.29, 1.82) is 0 Å². The van der Waals surface area contributed by atoms with E-state index in [2.05, 4.69) is 28.5 Å². The molecule has 1 aliphatic rings. The smallest absolute Gasteiger partial charge is 0.0271 e. The van der Waals surface area contributed by atoms with Crippen molar-refractivity contribution in [2.24, 2.45) is 0 Å². The van der Waals surface area contributed by atoms with Crippen molar-refractivity contribution in [2.45, 2.75) is 38.6 Å². The Morgan fingerprint density at radius 3 is 2.81 bits per heavy atom. The summed E-state index contributed by atoms with van der Waals surface area (Å²) in [4.78, 5) is 4.01. The maximum absolute atomic E-state index is 4.01. The first-order chi connectivity index (χ1) is 7.95. The molecule has 0 aromatic carbocycles. The highest BCUT2D eigenvalue weighted by molar-refractivity contribution is 5.09. The van der Waals surface area contributed by atoms with Crippen molar-refractivity contribution in [2.75, 3.05) is 6.54 Å². The molecule has 2 rings (SSSR count). The van der Waals surface area contributed by atoms with E-state index in [0.717, 1.165) is 13.1 Å². The van der Waals surface area contributed by atoms with Gasteiger partial charge in [-0.05, 0) is 56.3 Å². The molecule has 0 spiro atoms. The summed E-state index contributed by atoms with van der Waals surface area (Å²) in [5.74, 6) is 0. The van der Waals surface area contributed by atoms with E-state index in [9.17, 15) is 0 Å². The van der Waals surface area contributed by atoms with Crippen LogP contribution in [-0.2, 0) is 6.54 Å². The highest BCUT2D eigenvalue weighted by atomic mass is 14.8. The lowest BCUT2D eigenvalue weighted by Crippen LogP contribution is -2.15. The van der Waals surface area contributed by atoms with Crippen LogP contribution in [0, 0.1) is 0 Å². The largest absolute Gasteiger partial charge is 0.312 e. The molecule has 1 heterocycles. The summed E-state index contributed by atoms with van der Waals surface area (Å²) in [6.07, 6.45) is 12.7. The van der Waals surface area contributed by atoms with Crippen molar-refractivity contribution < 1.29 is 0 Å². The molecule has 2 nitrogen and oxygen atoms in total. The zero-order valence-corrected chi connectivity index (χ0v) is 9.78. The number of nitrogens with zero attached hydrogens (tertiary/aromatic N) is 1. The Balaban J connectivity index is 1.63. The normalized spacial score (nSPS) is 15.9. The molecule has 0 saturated heterocycles. The molecular weight excluding hydrogens is 196 g/mol. The molecule has 0 fully saturated rings. The van der Waals surface area contributed by atoms with E-state index in [-0.39, 0.29) is 0 Å². The van der Waals surface area contributed by atoms with E-state index in [1.54, 1.807) is 5.57 Å². The Hall–Kier alpha value is -1.15.